The number of rotatable bonds is 3. The molecule has 0 atom stereocenters. The third-order valence-corrected chi connectivity index (χ3v) is 5.75. The van der Waals surface area contributed by atoms with Gasteiger partial charge in [-0.3, -0.25) is 14.9 Å². The summed E-state index contributed by atoms with van der Waals surface area (Å²) in [6.07, 6.45) is 0.883. The molecule has 0 saturated heterocycles. The molecule has 0 radical (unpaired) electrons. The van der Waals surface area contributed by atoms with Crippen molar-refractivity contribution in [3.8, 4) is 11.3 Å². The van der Waals surface area contributed by atoms with Crippen LogP contribution in [0, 0.1) is 0 Å². The topological polar surface area (TPSA) is 62.3 Å². The van der Waals surface area contributed by atoms with E-state index in [9.17, 15) is 9.59 Å². The summed E-state index contributed by atoms with van der Waals surface area (Å²) >= 11 is 2.79. The summed E-state index contributed by atoms with van der Waals surface area (Å²) in [5.74, 6) is -0.0920. The van der Waals surface area contributed by atoms with E-state index in [1.54, 1.807) is 17.9 Å². The second kappa shape index (κ2) is 6.42. The number of hydrogen-bond acceptors (Lipinski definition) is 5. The normalized spacial score (nSPS) is 12.9. The van der Waals surface area contributed by atoms with Crippen LogP contribution in [0.5, 0.6) is 0 Å². The maximum Gasteiger partial charge on any atom is 0.267 e. The average Bonchev–Trinajstić information content (AvgIpc) is 3.34. The smallest absolute Gasteiger partial charge is 0.267 e. The molecule has 0 unspecified atom stereocenters. The summed E-state index contributed by atoms with van der Waals surface area (Å²) in [7, 11) is 0. The number of carbonyl (C=O) groups excluding carboxylic acids is 2. The molecule has 0 fully saturated rings. The number of amides is 2. The molecule has 1 N–H and O–H groups in total. The van der Waals surface area contributed by atoms with Gasteiger partial charge in [0.25, 0.3) is 5.91 Å². The SMILES string of the molecule is CC(=O)N1CCc2ccc(-c3csc(NC(=O)c4cccs4)n3)cc21. The van der Waals surface area contributed by atoms with E-state index < -0.39 is 0 Å². The Kier molecular flexibility index (Phi) is 4.10. The van der Waals surface area contributed by atoms with Crippen LogP contribution < -0.4 is 10.2 Å². The lowest BCUT2D eigenvalue weighted by molar-refractivity contribution is -0.116. The molecule has 0 saturated carbocycles. The Morgan fingerprint density at radius 1 is 1.24 bits per heavy atom. The molecular weight excluding hydrogens is 354 g/mol. The number of thiazole rings is 1. The summed E-state index contributed by atoms with van der Waals surface area (Å²) in [5, 5.41) is 7.18. The third-order valence-electron chi connectivity index (χ3n) is 4.13. The van der Waals surface area contributed by atoms with Crippen molar-refractivity contribution in [2.24, 2.45) is 0 Å². The van der Waals surface area contributed by atoms with Gasteiger partial charge in [0, 0.05) is 30.1 Å². The molecule has 25 heavy (non-hydrogen) atoms. The van der Waals surface area contributed by atoms with E-state index >= 15 is 0 Å². The molecule has 2 amide bonds. The zero-order valence-electron chi connectivity index (χ0n) is 13.5. The summed E-state index contributed by atoms with van der Waals surface area (Å²) in [6.45, 7) is 2.32. The van der Waals surface area contributed by atoms with Crippen LogP contribution >= 0.6 is 22.7 Å². The van der Waals surface area contributed by atoms with Crippen LogP contribution in [0.2, 0.25) is 0 Å². The zero-order valence-corrected chi connectivity index (χ0v) is 15.1. The van der Waals surface area contributed by atoms with Gasteiger partial charge in [0.2, 0.25) is 5.91 Å². The molecule has 5 nitrogen and oxygen atoms in total. The van der Waals surface area contributed by atoms with Crippen molar-refractivity contribution in [1.29, 1.82) is 0 Å². The number of anilines is 2. The molecule has 7 heteroatoms. The van der Waals surface area contributed by atoms with Gasteiger partial charge in [-0.05, 0) is 29.5 Å². The predicted octanol–water partition coefficient (Wildman–Crippen LogP) is 4.03. The number of nitrogens with zero attached hydrogens (tertiary/aromatic N) is 2. The van der Waals surface area contributed by atoms with Gasteiger partial charge < -0.3 is 4.90 Å². The van der Waals surface area contributed by atoms with Crippen molar-refractivity contribution in [3.05, 3.63) is 51.5 Å². The maximum atomic E-state index is 12.1. The minimum absolute atomic E-state index is 0.0538. The van der Waals surface area contributed by atoms with Gasteiger partial charge in [-0.25, -0.2) is 4.98 Å². The Morgan fingerprint density at radius 3 is 2.88 bits per heavy atom. The molecule has 1 aliphatic heterocycles. The first-order chi connectivity index (χ1) is 12.1. The molecule has 0 spiro atoms. The number of thiophene rings is 1. The number of carbonyl (C=O) groups is 2. The van der Waals surface area contributed by atoms with E-state index in [4.69, 9.17) is 0 Å². The Morgan fingerprint density at radius 2 is 2.12 bits per heavy atom. The molecule has 3 heterocycles. The van der Waals surface area contributed by atoms with Crippen LogP contribution in [0.4, 0.5) is 10.8 Å². The van der Waals surface area contributed by atoms with Gasteiger partial charge in [0.05, 0.1) is 10.6 Å². The van der Waals surface area contributed by atoms with E-state index in [0.717, 1.165) is 29.9 Å². The first-order valence-corrected chi connectivity index (χ1v) is 9.59. The Labute approximate surface area is 152 Å². The van der Waals surface area contributed by atoms with E-state index in [2.05, 4.69) is 16.4 Å². The standard InChI is InChI=1S/C18H15N3O2S2/c1-11(22)21-7-6-12-4-5-13(9-15(12)21)14-10-25-18(19-14)20-17(23)16-3-2-8-24-16/h2-5,8-10H,6-7H2,1H3,(H,19,20,23). The zero-order chi connectivity index (χ0) is 17.4. The molecular formula is C18H15N3O2S2. The largest absolute Gasteiger partial charge is 0.312 e. The van der Waals surface area contributed by atoms with Gasteiger partial charge in [0.1, 0.15) is 0 Å². The average molecular weight is 369 g/mol. The van der Waals surface area contributed by atoms with E-state index in [0.29, 0.717) is 10.0 Å². The van der Waals surface area contributed by atoms with Crippen LogP contribution in [0.25, 0.3) is 11.3 Å². The lowest BCUT2D eigenvalue weighted by atomic mass is 10.1. The third kappa shape index (κ3) is 3.08. The minimum atomic E-state index is -0.146. The first kappa shape index (κ1) is 16.0. The maximum absolute atomic E-state index is 12.1. The highest BCUT2D eigenvalue weighted by Gasteiger charge is 2.23. The van der Waals surface area contributed by atoms with Gasteiger partial charge in [0.15, 0.2) is 5.13 Å². The summed E-state index contributed by atoms with van der Waals surface area (Å²) in [5.41, 5.74) is 3.88. The van der Waals surface area contributed by atoms with E-state index in [1.807, 2.05) is 29.0 Å². The minimum Gasteiger partial charge on any atom is -0.312 e. The number of benzene rings is 1. The molecule has 0 aliphatic carbocycles. The Balaban J connectivity index is 1.57. The van der Waals surface area contributed by atoms with Gasteiger partial charge in [-0.15, -0.1) is 22.7 Å². The summed E-state index contributed by atoms with van der Waals surface area (Å²) in [6, 6.07) is 9.70. The van der Waals surface area contributed by atoms with Crippen LogP contribution in [-0.2, 0) is 11.2 Å². The molecule has 4 rings (SSSR count). The highest BCUT2D eigenvalue weighted by molar-refractivity contribution is 7.14. The molecule has 0 bridgehead atoms. The second-order valence-corrected chi connectivity index (χ2v) is 7.54. The molecule has 126 valence electrons. The first-order valence-electron chi connectivity index (χ1n) is 7.83. The van der Waals surface area contributed by atoms with Crippen LogP contribution in [0.1, 0.15) is 22.2 Å². The van der Waals surface area contributed by atoms with E-state index in [1.165, 1.54) is 28.2 Å². The van der Waals surface area contributed by atoms with E-state index in [-0.39, 0.29) is 11.8 Å². The number of fused-ring (bicyclic) bond motifs is 1. The van der Waals surface area contributed by atoms with Gasteiger partial charge in [-0.2, -0.15) is 0 Å². The molecule has 1 aliphatic rings. The van der Waals surface area contributed by atoms with Crippen molar-refractivity contribution in [3.63, 3.8) is 0 Å². The fourth-order valence-electron chi connectivity index (χ4n) is 2.90. The van der Waals surface area contributed by atoms with Crippen molar-refractivity contribution < 1.29 is 9.59 Å². The Bertz CT molecular complexity index is 947. The second-order valence-electron chi connectivity index (χ2n) is 5.73. The van der Waals surface area contributed by atoms with Crippen LogP contribution in [-0.4, -0.2) is 23.3 Å². The van der Waals surface area contributed by atoms with Crippen molar-refractivity contribution in [2.45, 2.75) is 13.3 Å². The quantitative estimate of drug-likeness (QED) is 0.758. The number of hydrogen-bond donors (Lipinski definition) is 1. The van der Waals surface area contributed by atoms with Crippen molar-refractivity contribution in [1.82, 2.24) is 4.98 Å². The lowest BCUT2D eigenvalue weighted by Crippen LogP contribution is -2.25. The number of nitrogens with one attached hydrogen (secondary N) is 1. The van der Waals surface area contributed by atoms with Crippen LogP contribution in [0.3, 0.4) is 0 Å². The highest BCUT2D eigenvalue weighted by atomic mass is 32.1. The fourth-order valence-corrected chi connectivity index (χ4v) is 4.23. The molecule has 1 aromatic carbocycles. The lowest BCUT2D eigenvalue weighted by Gasteiger charge is -2.15. The highest BCUT2D eigenvalue weighted by Crippen LogP contribution is 2.34. The molecule has 3 aromatic rings. The summed E-state index contributed by atoms with van der Waals surface area (Å²) < 4.78 is 0. The summed E-state index contributed by atoms with van der Waals surface area (Å²) in [4.78, 5) is 30.8. The monoisotopic (exact) mass is 369 g/mol. The Hall–Kier alpha value is -2.51. The van der Waals surface area contributed by atoms with Gasteiger partial charge >= 0.3 is 0 Å². The van der Waals surface area contributed by atoms with Crippen LogP contribution in [0.15, 0.2) is 41.1 Å². The molecule has 2 aromatic heterocycles. The van der Waals surface area contributed by atoms with Crippen molar-refractivity contribution in [2.75, 3.05) is 16.8 Å². The predicted molar refractivity (Wildman–Crippen MR) is 102 cm³/mol. The van der Waals surface area contributed by atoms with Crippen molar-refractivity contribution >= 4 is 45.3 Å². The van der Waals surface area contributed by atoms with Gasteiger partial charge in [-0.1, -0.05) is 18.2 Å². The number of aromatic nitrogens is 1. The fraction of sp³-hybridized carbons (Fsp3) is 0.167.